The van der Waals surface area contributed by atoms with E-state index in [2.05, 4.69) is 91.8 Å². The number of aromatic carboxylic acids is 1. The Morgan fingerprint density at radius 1 is 0.392 bits per heavy atom. The van der Waals surface area contributed by atoms with Crippen LogP contribution in [0.4, 0.5) is 24.9 Å². The Balaban J connectivity index is 0.000000131. The molecule has 5 amide bonds. The van der Waals surface area contributed by atoms with Crippen molar-refractivity contribution in [1.82, 2.24) is 49.3 Å². The Morgan fingerprint density at radius 3 is 1.00 bits per heavy atom. The van der Waals surface area contributed by atoms with Gasteiger partial charge in [0.15, 0.2) is 0 Å². The average molecular weight is 2080 g/mol. The Labute approximate surface area is 860 Å². The van der Waals surface area contributed by atoms with Gasteiger partial charge in [0.1, 0.15) is 64.4 Å². The first-order chi connectivity index (χ1) is 69.1. The number of H-pyrrole nitrogens is 4. The normalized spacial score (nSPS) is 15.1. The van der Waals surface area contributed by atoms with E-state index in [1.807, 2.05) is 159 Å². The second-order valence-electron chi connectivity index (χ2n) is 35.5. The molecule has 0 aliphatic carbocycles. The largest absolute Gasteiger partial charge is 0.497 e. The third-order valence-corrected chi connectivity index (χ3v) is 27.1. The summed E-state index contributed by atoms with van der Waals surface area (Å²) in [6, 6.07) is 79.7. The van der Waals surface area contributed by atoms with Crippen LogP contribution in [0, 0.1) is 6.92 Å². The first kappa shape index (κ1) is 100. The van der Waals surface area contributed by atoms with E-state index < -0.39 is 36.3 Å². The molecule has 8 heterocycles. The first-order valence-electron chi connectivity index (χ1n) is 46.6. The van der Waals surface area contributed by atoms with E-state index in [0.717, 1.165) is 147 Å². The maximum atomic E-state index is 13.5. The molecule has 143 heavy (non-hydrogen) atoms. The van der Waals surface area contributed by atoms with Crippen molar-refractivity contribution in [3.63, 3.8) is 0 Å². The van der Waals surface area contributed by atoms with Gasteiger partial charge >= 0.3 is 30.3 Å². The summed E-state index contributed by atoms with van der Waals surface area (Å²) in [6.45, 7) is 10.7. The standard InChI is InChI=1S/C30H32ClN3O4.C30H32ClN3O3.C27H21Cl2N3O3.C25H18BrClN2O4/c1-33(2)16-4-18-37-23-8-5-20(6-9-23)29-28-25(26-19-21(31)7-14-27(26)32-28)15-17-34(29)30(35)38-24-12-10-22(36-3)11-13-24;1-20-5-10-24(11-6-20)37-30(35)34-17-15-25-26-19-22(31)9-14-27(26)32-28(25)29(34)21-7-12-23(13-8-21)36-18-4-16-33(2)3;1-2-24(33)30-19-8-3-16(4-9-19)26-25-21(22-15-18(29)7-12-23(22)31-25)13-14-32(26)27(34)35-20-10-5-17(28)6-11-20;26-16-5-10-21-20(13-16)19-11-12-29(25(32)33-18-8-6-17(27)7-9-18)23(22(19)28-21)14-1-3-15(4-2-14)24(30)31/h5-14,19,29,32H,4,15-18H2,1-3H3;5-14,19,29,32H,4,15-18H2,1-3H3;2-12,15,26,31H,1,13-14H2,(H,30,33);1-10,13,23,28H,11-12H2,(H,30,31). The van der Waals surface area contributed by atoms with Crippen molar-refractivity contribution in [2.45, 2.75) is 69.6 Å². The lowest BCUT2D eigenvalue weighted by Gasteiger charge is -2.35. The van der Waals surface area contributed by atoms with Crippen LogP contribution in [0.15, 0.2) is 284 Å². The molecule has 4 aliphatic heterocycles. The number of methoxy groups -OCH3 is 1. The summed E-state index contributed by atoms with van der Waals surface area (Å²) in [7, 11) is 9.82. The van der Waals surface area contributed by atoms with Crippen LogP contribution in [-0.2, 0) is 30.5 Å². The van der Waals surface area contributed by atoms with E-state index in [1.54, 1.807) is 136 Å². The molecule has 16 aromatic rings. The van der Waals surface area contributed by atoms with Gasteiger partial charge < -0.3 is 73.3 Å². The van der Waals surface area contributed by atoms with Crippen molar-refractivity contribution >= 4 is 159 Å². The predicted molar refractivity (Wildman–Crippen MR) is 565 cm³/mol. The molecule has 0 radical (unpaired) electrons. The number of carboxylic acid groups (broad SMARTS) is 1. The van der Waals surface area contributed by atoms with Gasteiger partial charge in [0.05, 0.1) is 25.9 Å². The number of rotatable bonds is 22. The fourth-order valence-electron chi connectivity index (χ4n) is 18.5. The Morgan fingerprint density at radius 2 is 0.678 bits per heavy atom. The van der Waals surface area contributed by atoms with Crippen LogP contribution >= 0.6 is 73.9 Å². The first-order valence-corrected chi connectivity index (χ1v) is 49.3. The van der Waals surface area contributed by atoms with Gasteiger partial charge in [-0.3, -0.25) is 24.4 Å². The highest BCUT2D eigenvalue weighted by atomic mass is 79.9. The van der Waals surface area contributed by atoms with Crippen LogP contribution < -0.4 is 38.5 Å². The van der Waals surface area contributed by atoms with Gasteiger partial charge in [-0.25, -0.2) is 24.0 Å². The molecule has 31 heteroatoms. The third kappa shape index (κ3) is 23.8. The van der Waals surface area contributed by atoms with E-state index in [-0.39, 0.29) is 29.6 Å². The summed E-state index contributed by atoms with van der Waals surface area (Å²) in [5.41, 5.74) is 17.8. The van der Waals surface area contributed by atoms with Gasteiger partial charge in [0, 0.05) is 141 Å². The maximum Gasteiger partial charge on any atom is 0.416 e. The van der Waals surface area contributed by atoms with Crippen LogP contribution in [0.1, 0.15) is 120 Å². The number of aryl methyl sites for hydroxylation is 1. The number of hydrogen-bond acceptors (Lipinski definition) is 15. The molecule has 0 spiro atoms. The summed E-state index contributed by atoms with van der Waals surface area (Å²) < 4.78 is 41.0. The molecule has 0 bridgehead atoms. The van der Waals surface area contributed by atoms with Gasteiger partial charge in [0.25, 0.3) is 0 Å². The number of fused-ring (bicyclic) bond motifs is 12. The van der Waals surface area contributed by atoms with E-state index in [4.69, 9.17) is 91.2 Å². The number of aromatic nitrogens is 4. The highest BCUT2D eigenvalue weighted by Crippen LogP contribution is 2.47. The molecule has 4 aliphatic rings. The Hall–Kier alpha value is -14.2. The number of nitrogens with one attached hydrogen (secondary N) is 5. The number of benzene rings is 12. The molecule has 20 rings (SSSR count). The van der Waals surface area contributed by atoms with E-state index in [9.17, 15) is 33.9 Å². The van der Waals surface area contributed by atoms with Gasteiger partial charge in [-0.15, -0.1) is 0 Å². The topological polar surface area (TPSA) is 282 Å². The average Bonchev–Trinajstić information content (AvgIpc) is 1.62. The number of nitrogens with zero attached hydrogens (tertiary/aromatic N) is 6. The molecule has 0 fully saturated rings. The van der Waals surface area contributed by atoms with Gasteiger partial charge in [0.2, 0.25) is 5.91 Å². The molecule has 4 unspecified atom stereocenters. The van der Waals surface area contributed by atoms with Crippen LogP contribution in [-0.4, -0.2) is 178 Å². The molecule has 0 saturated carbocycles. The number of amides is 5. The minimum atomic E-state index is -1.000. The Kier molecular flexibility index (Phi) is 31.8. The summed E-state index contributed by atoms with van der Waals surface area (Å²) in [5.74, 6) is 2.83. The summed E-state index contributed by atoms with van der Waals surface area (Å²) in [6.07, 6.45) is 4.08. The summed E-state index contributed by atoms with van der Waals surface area (Å²) >= 11 is 34.4. The second-order valence-corrected chi connectivity index (χ2v) is 38.6. The molecule has 25 nitrogen and oxygen atoms in total. The van der Waals surface area contributed by atoms with E-state index >= 15 is 0 Å². The summed E-state index contributed by atoms with van der Waals surface area (Å²) in [5, 5.41) is 19.5. The van der Waals surface area contributed by atoms with Gasteiger partial charge in [-0.1, -0.05) is 147 Å². The molecule has 732 valence electrons. The predicted octanol–water partition coefficient (Wildman–Crippen LogP) is 26.1. The highest BCUT2D eigenvalue weighted by Gasteiger charge is 2.41. The summed E-state index contributed by atoms with van der Waals surface area (Å²) in [4.78, 5) is 102. The van der Waals surface area contributed by atoms with Crippen molar-refractivity contribution in [3.05, 3.63) is 388 Å². The quantitative estimate of drug-likeness (QED) is 0.0272. The highest BCUT2D eigenvalue weighted by molar-refractivity contribution is 9.10. The van der Waals surface area contributed by atoms with Gasteiger partial charge in [-0.2, -0.15) is 0 Å². The number of anilines is 1. The molecule has 12 aromatic carbocycles. The zero-order chi connectivity index (χ0) is 100. The molecule has 4 atom stereocenters. The molecular weight excluding hydrogens is 1980 g/mol. The van der Waals surface area contributed by atoms with Crippen LogP contribution in [0.25, 0.3) is 43.6 Å². The van der Waals surface area contributed by atoms with E-state index in [0.29, 0.717) is 125 Å². The van der Waals surface area contributed by atoms with Crippen molar-refractivity contribution in [3.8, 4) is 40.2 Å². The monoisotopic (exact) mass is 2080 g/mol. The van der Waals surface area contributed by atoms with Crippen molar-refractivity contribution in [1.29, 1.82) is 0 Å². The number of carbonyl (C=O) groups is 6. The smallest absolute Gasteiger partial charge is 0.416 e. The zero-order valence-corrected chi connectivity index (χ0v) is 84.5. The fraction of sp³-hybridized carbons (Fsp3) is 0.214. The van der Waals surface area contributed by atoms with Crippen molar-refractivity contribution in [2.75, 3.05) is 93.1 Å². The number of hydrogen-bond donors (Lipinski definition) is 6. The van der Waals surface area contributed by atoms with Crippen LogP contribution in [0.3, 0.4) is 0 Å². The van der Waals surface area contributed by atoms with E-state index in [1.165, 1.54) is 17.2 Å². The molecule has 0 saturated heterocycles. The third-order valence-electron chi connectivity index (χ3n) is 25.4. The molecular formula is C112H103BrCl5N11O14. The lowest BCUT2D eigenvalue weighted by atomic mass is 9.92. The number of carbonyl (C=O) groups excluding carboxylic acids is 5. The lowest BCUT2D eigenvalue weighted by molar-refractivity contribution is -0.111. The number of halogens is 6. The van der Waals surface area contributed by atoms with Crippen molar-refractivity contribution < 1.29 is 67.0 Å². The fourth-order valence-corrected chi connectivity index (χ4v) is 19.6. The van der Waals surface area contributed by atoms with Crippen LogP contribution in [0.5, 0.6) is 40.2 Å². The number of aromatic amines is 4. The van der Waals surface area contributed by atoms with Crippen LogP contribution in [0.2, 0.25) is 25.1 Å². The second kappa shape index (κ2) is 45.4. The molecule has 6 N–H and O–H groups in total. The van der Waals surface area contributed by atoms with Crippen molar-refractivity contribution in [2.24, 2.45) is 0 Å². The SMILES string of the molecule is C=CC(=O)Nc1ccc(C2c3[nH]c4ccc(Cl)cc4c3CCN2C(=O)Oc2ccc(Cl)cc2)cc1.COc1ccc(OC(=O)N2CCc3c([nH]c4ccc(Cl)cc34)C2c2ccc(OCCCN(C)C)cc2)cc1.Cc1ccc(OC(=O)N2CCc3c([nH]c4ccc(Cl)cc34)C2c2ccc(OCCCN(C)C)cc2)cc1.O=C(O)c1ccc(C2c3[nH]c4ccc(Br)cc4c3CCN2C(=O)Oc2ccc(Cl)cc2)cc1. The lowest BCUT2D eigenvalue weighted by Crippen LogP contribution is -2.42. The maximum absolute atomic E-state index is 13.5. The minimum Gasteiger partial charge on any atom is -0.497 e. The Bertz CT molecular complexity index is 7310. The van der Waals surface area contributed by atoms with Gasteiger partial charge in [-0.05, 0) is 330 Å². The minimum absolute atomic E-state index is 0.186. The molecule has 4 aromatic heterocycles. The number of carboxylic acids is 1. The number of ether oxygens (including phenoxy) is 7. The zero-order valence-electron chi connectivity index (χ0n) is 79.1.